The van der Waals surface area contributed by atoms with E-state index < -0.39 is 13.3 Å². The van der Waals surface area contributed by atoms with E-state index in [-0.39, 0.29) is 0 Å². The average Bonchev–Trinajstić information content (AvgIpc) is 2.29. The zero-order chi connectivity index (χ0) is 13.3. The standard InChI is InChI=1S/C16H22GeN/c1-13-9-8-10-14(17(2,3)4)16(13)15-11-6-7-12-18(15)5/h6-12H,1-5H3/q+1. The predicted octanol–water partition coefficient (Wildman–Crippen LogP) is 3.03. The van der Waals surface area contributed by atoms with Crippen molar-refractivity contribution in [1.29, 1.82) is 0 Å². The molecule has 0 aliphatic heterocycles. The summed E-state index contributed by atoms with van der Waals surface area (Å²) < 4.78 is 3.82. The Morgan fingerprint density at radius 2 is 1.67 bits per heavy atom. The molecule has 1 heterocycles. The van der Waals surface area contributed by atoms with Gasteiger partial charge in [-0.15, -0.1) is 0 Å². The molecule has 0 aliphatic carbocycles. The topological polar surface area (TPSA) is 3.88 Å². The Morgan fingerprint density at radius 1 is 0.944 bits per heavy atom. The monoisotopic (exact) mass is 302 g/mol. The van der Waals surface area contributed by atoms with Crippen molar-refractivity contribution in [2.75, 3.05) is 0 Å². The molecule has 94 valence electrons. The summed E-state index contributed by atoms with van der Waals surface area (Å²) >= 11 is -1.85. The Hall–Kier alpha value is -1.09. The van der Waals surface area contributed by atoms with Gasteiger partial charge < -0.3 is 0 Å². The number of pyridine rings is 1. The molecular formula is C16H22GeN+. The summed E-state index contributed by atoms with van der Waals surface area (Å²) in [5.41, 5.74) is 4.16. The van der Waals surface area contributed by atoms with E-state index in [2.05, 4.69) is 78.4 Å². The molecule has 0 aliphatic rings. The van der Waals surface area contributed by atoms with Crippen LogP contribution in [0.5, 0.6) is 0 Å². The molecule has 0 N–H and O–H groups in total. The summed E-state index contributed by atoms with van der Waals surface area (Å²) in [5.74, 6) is 7.38. The second kappa shape index (κ2) is 4.89. The molecule has 2 aromatic rings. The minimum absolute atomic E-state index is 1.33. The van der Waals surface area contributed by atoms with Crippen LogP contribution >= 0.6 is 0 Å². The summed E-state index contributed by atoms with van der Waals surface area (Å²) in [7, 11) is 2.13. The van der Waals surface area contributed by atoms with Crippen LogP contribution in [0.3, 0.4) is 0 Å². The molecule has 0 fully saturated rings. The Bertz CT molecular complexity index is 568. The Kier molecular flexibility index (Phi) is 3.62. The molecule has 2 heteroatoms. The molecule has 2 rings (SSSR count). The van der Waals surface area contributed by atoms with Gasteiger partial charge in [0.15, 0.2) is 0 Å². The maximum absolute atomic E-state index is 2.46. The van der Waals surface area contributed by atoms with Gasteiger partial charge in [-0.05, 0) is 0 Å². The van der Waals surface area contributed by atoms with Gasteiger partial charge in [0.05, 0.1) is 0 Å². The number of aromatic nitrogens is 1. The molecule has 0 bridgehead atoms. The van der Waals surface area contributed by atoms with Crippen LogP contribution < -0.4 is 8.96 Å². The third-order valence-electron chi connectivity index (χ3n) is 3.39. The van der Waals surface area contributed by atoms with Crippen molar-refractivity contribution in [1.82, 2.24) is 0 Å². The summed E-state index contributed by atoms with van der Waals surface area (Å²) in [5, 5.41) is 0. The molecule has 1 aromatic carbocycles. The van der Waals surface area contributed by atoms with Crippen LogP contribution in [0.4, 0.5) is 0 Å². The van der Waals surface area contributed by atoms with E-state index in [0.717, 1.165) is 0 Å². The minimum atomic E-state index is -1.85. The summed E-state index contributed by atoms with van der Waals surface area (Å²) in [6, 6.07) is 13.2. The zero-order valence-corrected chi connectivity index (χ0v) is 14.1. The molecule has 1 aromatic heterocycles. The normalized spacial score (nSPS) is 11.6. The first-order chi connectivity index (χ1) is 8.41. The second-order valence-corrected chi connectivity index (χ2v) is 16.5. The Balaban J connectivity index is 2.75. The third kappa shape index (κ3) is 2.51. The Morgan fingerprint density at radius 3 is 2.28 bits per heavy atom. The van der Waals surface area contributed by atoms with E-state index in [1.165, 1.54) is 16.8 Å². The fourth-order valence-electron chi connectivity index (χ4n) is 2.42. The molecule has 0 saturated heterocycles. The molecule has 0 radical (unpaired) electrons. The fraction of sp³-hybridized carbons (Fsp3) is 0.312. The van der Waals surface area contributed by atoms with Crippen molar-refractivity contribution in [3.8, 4) is 11.3 Å². The van der Waals surface area contributed by atoms with Crippen LogP contribution in [0.15, 0.2) is 42.6 Å². The predicted molar refractivity (Wildman–Crippen MR) is 80.8 cm³/mol. The molecular weight excluding hydrogens is 279 g/mol. The second-order valence-electron chi connectivity index (χ2n) is 5.94. The van der Waals surface area contributed by atoms with Gasteiger partial charge in [-0.2, -0.15) is 0 Å². The molecule has 0 spiro atoms. The average molecular weight is 301 g/mol. The van der Waals surface area contributed by atoms with E-state index >= 15 is 0 Å². The summed E-state index contributed by atoms with van der Waals surface area (Å²) in [6.45, 7) is 2.22. The van der Waals surface area contributed by atoms with E-state index in [1.807, 2.05) is 0 Å². The van der Waals surface area contributed by atoms with E-state index in [4.69, 9.17) is 0 Å². The van der Waals surface area contributed by atoms with Gasteiger partial charge >= 0.3 is 113 Å². The van der Waals surface area contributed by atoms with Crippen LogP contribution in [0.1, 0.15) is 5.56 Å². The number of hydrogen-bond donors (Lipinski definition) is 0. The molecule has 1 nitrogen and oxygen atoms in total. The van der Waals surface area contributed by atoms with Crippen LogP contribution in [0, 0.1) is 6.92 Å². The van der Waals surface area contributed by atoms with Crippen LogP contribution in [-0.2, 0) is 7.05 Å². The van der Waals surface area contributed by atoms with E-state index in [9.17, 15) is 0 Å². The maximum atomic E-state index is 2.46. The van der Waals surface area contributed by atoms with Crippen molar-refractivity contribution in [2.45, 2.75) is 24.2 Å². The van der Waals surface area contributed by atoms with Crippen LogP contribution in [-0.4, -0.2) is 13.3 Å². The number of benzene rings is 1. The van der Waals surface area contributed by atoms with E-state index in [0.29, 0.717) is 0 Å². The summed E-state index contributed by atoms with van der Waals surface area (Å²) in [6.07, 6.45) is 2.13. The number of nitrogens with zero attached hydrogens (tertiary/aromatic N) is 1. The first-order valence-electron chi connectivity index (χ1n) is 6.46. The molecule has 0 saturated carbocycles. The summed E-state index contributed by atoms with van der Waals surface area (Å²) in [4.78, 5) is 0. The van der Waals surface area contributed by atoms with Crippen molar-refractivity contribution in [2.24, 2.45) is 7.05 Å². The molecule has 18 heavy (non-hydrogen) atoms. The van der Waals surface area contributed by atoms with Crippen molar-refractivity contribution in [3.63, 3.8) is 0 Å². The molecule has 0 amide bonds. The fourth-order valence-corrected chi connectivity index (χ4v) is 5.92. The van der Waals surface area contributed by atoms with Crippen LogP contribution in [0.25, 0.3) is 11.3 Å². The van der Waals surface area contributed by atoms with Crippen molar-refractivity contribution in [3.05, 3.63) is 48.2 Å². The van der Waals surface area contributed by atoms with Gasteiger partial charge in [-0.1, -0.05) is 0 Å². The van der Waals surface area contributed by atoms with Gasteiger partial charge in [0.1, 0.15) is 0 Å². The Labute approximate surface area is 113 Å². The van der Waals surface area contributed by atoms with Crippen molar-refractivity contribution < 1.29 is 4.57 Å². The van der Waals surface area contributed by atoms with Crippen LogP contribution in [0.2, 0.25) is 17.3 Å². The zero-order valence-electron chi connectivity index (χ0n) is 12.0. The van der Waals surface area contributed by atoms with Gasteiger partial charge in [0, 0.05) is 0 Å². The number of hydrogen-bond acceptors (Lipinski definition) is 0. The number of rotatable bonds is 2. The first-order valence-corrected chi connectivity index (χ1v) is 13.8. The van der Waals surface area contributed by atoms with Gasteiger partial charge in [0.2, 0.25) is 0 Å². The first kappa shape index (κ1) is 13.3. The molecule has 0 unspecified atom stereocenters. The van der Waals surface area contributed by atoms with Gasteiger partial charge in [-0.25, -0.2) is 0 Å². The number of aryl methyl sites for hydroxylation is 2. The molecule has 0 atom stereocenters. The SMILES string of the molecule is Cc1ccc[c]([Ge]([CH3])([CH3])[CH3])c1-c1cccc[n+]1C. The quantitative estimate of drug-likeness (QED) is 0.593. The van der Waals surface area contributed by atoms with Gasteiger partial charge in [0.25, 0.3) is 0 Å². The van der Waals surface area contributed by atoms with Gasteiger partial charge in [-0.3, -0.25) is 0 Å². The van der Waals surface area contributed by atoms with Crippen molar-refractivity contribution >= 4 is 17.7 Å². The third-order valence-corrected chi connectivity index (χ3v) is 7.66. The van der Waals surface area contributed by atoms with E-state index in [1.54, 1.807) is 4.40 Å².